The van der Waals surface area contributed by atoms with Crippen LogP contribution in [0.4, 0.5) is 0 Å². The number of aliphatic carboxylic acids is 1. The monoisotopic (exact) mass is 322 g/mol. The van der Waals surface area contributed by atoms with E-state index in [-0.39, 0.29) is 25.3 Å². The van der Waals surface area contributed by atoms with Gasteiger partial charge in [0.15, 0.2) is 0 Å². The van der Waals surface area contributed by atoms with E-state index in [9.17, 15) is 18.0 Å². The van der Waals surface area contributed by atoms with Gasteiger partial charge in [-0.1, -0.05) is 6.92 Å². The smallest absolute Gasteiger partial charge is 0.326 e. The van der Waals surface area contributed by atoms with E-state index in [4.69, 9.17) is 10.2 Å². The molecule has 122 valence electrons. The van der Waals surface area contributed by atoms with Crippen LogP contribution < -0.4 is 5.32 Å². The number of nitrogens with one attached hydrogen (secondary N) is 1. The lowest BCUT2D eigenvalue weighted by Gasteiger charge is -2.24. The third-order valence-corrected chi connectivity index (χ3v) is 5.43. The van der Waals surface area contributed by atoms with E-state index in [0.29, 0.717) is 19.3 Å². The van der Waals surface area contributed by atoms with E-state index < -0.39 is 34.0 Å². The first-order valence-electron chi connectivity index (χ1n) is 6.97. The van der Waals surface area contributed by atoms with E-state index in [1.807, 2.05) is 0 Å². The Balaban J connectivity index is 2.78. The van der Waals surface area contributed by atoms with Crippen molar-refractivity contribution >= 4 is 21.9 Å². The molecule has 1 aliphatic heterocycles. The van der Waals surface area contributed by atoms with Gasteiger partial charge < -0.3 is 15.5 Å². The maximum Gasteiger partial charge on any atom is 0.326 e. The highest BCUT2D eigenvalue weighted by molar-refractivity contribution is 7.89. The molecule has 0 saturated carbocycles. The Labute approximate surface area is 124 Å². The van der Waals surface area contributed by atoms with Gasteiger partial charge >= 0.3 is 5.97 Å². The molecule has 0 radical (unpaired) electrons. The second-order valence-electron chi connectivity index (χ2n) is 5.00. The number of carbonyl (C=O) groups is 2. The van der Waals surface area contributed by atoms with E-state index in [0.717, 1.165) is 4.31 Å². The van der Waals surface area contributed by atoms with Crippen molar-refractivity contribution in [1.82, 2.24) is 9.62 Å². The van der Waals surface area contributed by atoms with Crippen molar-refractivity contribution < 1.29 is 28.2 Å². The molecule has 1 fully saturated rings. The van der Waals surface area contributed by atoms with Crippen LogP contribution in [0.1, 0.15) is 32.6 Å². The molecular formula is C12H22N2O6S. The molecule has 9 heteroatoms. The quantitative estimate of drug-likeness (QED) is 0.534. The van der Waals surface area contributed by atoms with E-state index in [1.165, 1.54) is 0 Å². The molecule has 3 N–H and O–H groups in total. The van der Waals surface area contributed by atoms with Crippen molar-refractivity contribution in [2.75, 3.05) is 18.9 Å². The normalized spacial score (nSPS) is 21.1. The molecule has 1 amide bonds. The number of carbonyl (C=O) groups excluding carboxylic acids is 1. The molecule has 8 nitrogen and oxygen atoms in total. The summed E-state index contributed by atoms with van der Waals surface area (Å²) in [7, 11) is -3.50. The molecule has 0 aromatic heterocycles. The van der Waals surface area contributed by atoms with Gasteiger partial charge in [0.05, 0.1) is 5.75 Å². The molecule has 1 saturated heterocycles. The summed E-state index contributed by atoms with van der Waals surface area (Å²) in [6.07, 6.45) is 1.28. The largest absolute Gasteiger partial charge is 0.480 e. The Morgan fingerprint density at radius 1 is 1.43 bits per heavy atom. The second-order valence-corrected chi connectivity index (χ2v) is 7.04. The average Bonchev–Trinajstić information content (AvgIpc) is 2.88. The highest BCUT2D eigenvalue weighted by Crippen LogP contribution is 2.22. The topological polar surface area (TPSA) is 124 Å². The minimum absolute atomic E-state index is 0.0320. The lowest BCUT2D eigenvalue weighted by Crippen LogP contribution is -2.51. The molecule has 1 rings (SSSR count). The molecule has 2 atom stereocenters. The van der Waals surface area contributed by atoms with Crippen LogP contribution in [0, 0.1) is 0 Å². The number of nitrogens with zero attached hydrogens (tertiary/aromatic N) is 1. The number of hydrogen-bond donors (Lipinski definition) is 3. The standard InChI is InChI=1S/C12H22N2O6S/c1-2-8-21(19,20)14-6-3-4-10(14)11(16)13-9(5-7-15)12(17)18/h9-10,15H,2-8H2,1H3,(H,13,16)(H,17,18). The molecule has 0 spiro atoms. The molecule has 1 aliphatic rings. The molecule has 2 unspecified atom stereocenters. The van der Waals surface area contributed by atoms with Crippen LogP contribution in [0.2, 0.25) is 0 Å². The number of carboxylic acids is 1. The van der Waals surface area contributed by atoms with Crippen LogP contribution in [0.3, 0.4) is 0 Å². The first-order chi connectivity index (χ1) is 9.83. The van der Waals surface area contributed by atoms with Gasteiger partial charge in [0.25, 0.3) is 0 Å². The maximum absolute atomic E-state index is 12.1. The fraction of sp³-hybridized carbons (Fsp3) is 0.833. The zero-order valence-electron chi connectivity index (χ0n) is 12.0. The van der Waals surface area contributed by atoms with Crippen LogP contribution >= 0.6 is 0 Å². The number of amides is 1. The van der Waals surface area contributed by atoms with Gasteiger partial charge in [-0.3, -0.25) is 4.79 Å². The lowest BCUT2D eigenvalue weighted by molar-refractivity contribution is -0.142. The van der Waals surface area contributed by atoms with Crippen LogP contribution in [-0.2, 0) is 19.6 Å². The SMILES string of the molecule is CCCS(=O)(=O)N1CCCC1C(=O)NC(CCO)C(=O)O. The summed E-state index contributed by atoms with van der Waals surface area (Å²) in [4.78, 5) is 23.1. The Bertz CT molecular complexity index is 478. The molecule has 0 aliphatic carbocycles. The van der Waals surface area contributed by atoms with Crippen LogP contribution in [0.15, 0.2) is 0 Å². The summed E-state index contributed by atoms with van der Waals surface area (Å²) >= 11 is 0. The van der Waals surface area contributed by atoms with Crippen molar-refractivity contribution in [3.05, 3.63) is 0 Å². The number of rotatable bonds is 8. The summed E-state index contributed by atoms with van der Waals surface area (Å²) in [5.41, 5.74) is 0. The van der Waals surface area contributed by atoms with Gasteiger partial charge in [-0.2, -0.15) is 4.31 Å². The number of aliphatic hydroxyl groups is 1. The van der Waals surface area contributed by atoms with Gasteiger partial charge in [-0.15, -0.1) is 0 Å². The molecular weight excluding hydrogens is 300 g/mol. The first-order valence-corrected chi connectivity index (χ1v) is 8.58. The minimum Gasteiger partial charge on any atom is -0.480 e. The molecule has 1 heterocycles. The zero-order chi connectivity index (χ0) is 16.0. The Morgan fingerprint density at radius 3 is 2.62 bits per heavy atom. The number of carboxylic acid groups (broad SMARTS) is 1. The fourth-order valence-electron chi connectivity index (χ4n) is 2.36. The minimum atomic E-state index is -3.50. The molecule has 0 aromatic carbocycles. The fourth-order valence-corrected chi connectivity index (χ4v) is 4.11. The number of hydrogen-bond acceptors (Lipinski definition) is 5. The van der Waals surface area contributed by atoms with Crippen LogP contribution in [-0.4, -0.2) is 65.8 Å². The predicted molar refractivity (Wildman–Crippen MR) is 75.1 cm³/mol. The Kier molecular flexibility index (Phi) is 6.56. The van der Waals surface area contributed by atoms with Crippen molar-refractivity contribution in [3.63, 3.8) is 0 Å². The summed E-state index contributed by atoms with van der Waals surface area (Å²) in [6, 6.07) is -2.07. The van der Waals surface area contributed by atoms with Gasteiger partial charge in [0, 0.05) is 19.6 Å². The van der Waals surface area contributed by atoms with E-state index in [2.05, 4.69) is 5.32 Å². The Morgan fingerprint density at radius 2 is 2.10 bits per heavy atom. The highest BCUT2D eigenvalue weighted by atomic mass is 32.2. The van der Waals surface area contributed by atoms with Gasteiger partial charge in [-0.05, 0) is 19.3 Å². The second kappa shape index (κ2) is 7.71. The summed E-state index contributed by atoms with van der Waals surface area (Å²) in [5, 5.41) is 20.0. The van der Waals surface area contributed by atoms with E-state index in [1.54, 1.807) is 6.92 Å². The predicted octanol–water partition coefficient (Wildman–Crippen LogP) is -0.858. The highest BCUT2D eigenvalue weighted by Gasteiger charge is 2.39. The van der Waals surface area contributed by atoms with Crippen molar-refractivity contribution in [3.8, 4) is 0 Å². The zero-order valence-corrected chi connectivity index (χ0v) is 12.8. The Hall–Kier alpha value is -1.19. The van der Waals surface area contributed by atoms with Crippen LogP contribution in [0.5, 0.6) is 0 Å². The third-order valence-electron chi connectivity index (χ3n) is 3.36. The summed E-state index contributed by atoms with van der Waals surface area (Å²) in [5.74, 6) is -1.90. The summed E-state index contributed by atoms with van der Waals surface area (Å²) < 4.78 is 25.3. The van der Waals surface area contributed by atoms with E-state index >= 15 is 0 Å². The lowest BCUT2D eigenvalue weighted by atomic mass is 10.1. The summed E-state index contributed by atoms with van der Waals surface area (Å²) in [6.45, 7) is 1.64. The molecule has 21 heavy (non-hydrogen) atoms. The van der Waals surface area contributed by atoms with Crippen molar-refractivity contribution in [2.45, 2.75) is 44.7 Å². The first kappa shape index (κ1) is 17.9. The van der Waals surface area contributed by atoms with Gasteiger partial charge in [-0.25, -0.2) is 13.2 Å². The average molecular weight is 322 g/mol. The van der Waals surface area contributed by atoms with Gasteiger partial charge in [0.1, 0.15) is 12.1 Å². The van der Waals surface area contributed by atoms with Crippen molar-refractivity contribution in [1.29, 1.82) is 0 Å². The number of aliphatic hydroxyl groups excluding tert-OH is 1. The molecule has 0 bridgehead atoms. The van der Waals surface area contributed by atoms with Gasteiger partial charge in [0.2, 0.25) is 15.9 Å². The molecule has 0 aromatic rings. The maximum atomic E-state index is 12.1. The number of sulfonamides is 1. The van der Waals surface area contributed by atoms with Crippen molar-refractivity contribution in [2.24, 2.45) is 0 Å². The third kappa shape index (κ3) is 4.65. The van der Waals surface area contributed by atoms with Crippen LogP contribution in [0.25, 0.3) is 0 Å².